The summed E-state index contributed by atoms with van der Waals surface area (Å²) in [7, 11) is 0. The van der Waals surface area contributed by atoms with E-state index in [2.05, 4.69) is 11.4 Å². The molecule has 0 aromatic heterocycles. The fourth-order valence-corrected chi connectivity index (χ4v) is 2.62. The van der Waals surface area contributed by atoms with Crippen LogP contribution in [-0.4, -0.2) is 35.2 Å². The van der Waals surface area contributed by atoms with Crippen molar-refractivity contribution in [1.82, 2.24) is 5.32 Å². The number of hydrogen-bond acceptors (Lipinski definition) is 4. The summed E-state index contributed by atoms with van der Waals surface area (Å²) in [6.45, 7) is 1.92. The molecule has 0 bridgehead atoms. The van der Waals surface area contributed by atoms with Gasteiger partial charge in [-0.1, -0.05) is 24.3 Å². The van der Waals surface area contributed by atoms with Gasteiger partial charge in [-0.05, 0) is 24.3 Å². The van der Waals surface area contributed by atoms with Gasteiger partial charge in [0, 0.05) is 11.3 Å². The molecule has 0 aliphatic rings. The summed E-state index contributed by atoms with van der Waals surface area (Å²) in [6, 6.07) is 9.49. The van der Waals surface area contributed by atoms with Crippen molar-refractivity contribution < 1.29 is 9.90 Å². The molecule has 5 heteroatoms. The van der Waals surface area contributed by atoms with Gasteiger partial charge in [0.15, 0.2) is 0 Å². The molecule has 2 unspecified atom stereocenters. The lowest BCUT2D eigenvalue weighted by atomic mass is 10.0. The highest BCUT2D eigenvalue weighted by Crippen LogP contribution is 2.12. The summed E-state index contributed by atoms with van der Waals surface area (Å²) in [5.41, 5.74) is 1.77. The topological polar surface area (TPSA) is 73.1 Å². The maximum Gasteiger partial charge on any atom is 0.224 e. The average molecular weight is 292 g/mol. The van der Waals surface area contributed by atoms with Crippen LogP contribution in [0.1, 0.15) is 18.1 Å². The van der Waals surface area contributed by atoms with Crippen LogP contribution < -0.4 is 5.32 Å². The van der Waals surface area contributed by atoms with E-state index < -0.39 is 0 Å². The summed E-state index contributed by atoms with van der Waals surface area (Å²) in [6.07, 6.45) is 2.48. The molecule has 1 aromatic carbocycles. The van der Waals surface area contributed by atoms with Crippen LogP contribution in [-0.2, 0) is 17.6 Å². The first-order chi connectivity index (χ1) is 9.62. The lowest BCUT2D eigenvalue weighted by Gasteiger charge is -2.21. The van der Waals surface area contributed by atoms with Gasteiger partial charge in [-0.15, -0.1) is 0 Å². The molecule has 0 aliphatic carbocycles. The summed E-state index contributed by atoms with van der Waals surface area (Å²) in [5, 5.41) is 20.9. The summed E-state index contributed by atoms with van der Waals surface area (Å²) >= 11 is 1.53. The lowest BCUT2D eigenvalue weighted by molar-refractivity contribution is -0.121. The van der Waals surface area contributed by atoms with Gasteiger partial charge in [-0.3, -0.25) is 4.79 Å². The third-order valence-corrected chi connectivity index (χ3v) is 4.33. The van der Waals surface area contributed by atoms with E-state index in [-0.39, 0.29) is 30.2 Å². The second-order valence-electron chi connectivity index (χ2n) is 4.59. The molecule has 2 atom stereocenters. The van der Waals surface area contributed by atoms with Gasteiger partial charge in [0.2, 0.25) is 5.91 Å². The van der Waals surface area contributed by atoms with Crippen molar-refractivity contribution in [1.29, 1.82) is 5.26 Å². The van der Waals surface area contributed by atoms with Crippen molar-refractivity contribution in [2.24, 2.45) is 0 Å². The highest BCUT2D eigenvalue weighted by molar-refractivity contribution is 7.99. The van der Waals surface area contributed by atoms with Gasteiger partial charge in [0.05, 0.1) is 25.5 Å². The Kier molecular flexibility index (Phi) is 7.13. The number of nitrogens with one attached hydrogen (secondary N) is 1. The Hall–Kier alpha value is -1.51. The van der Waals surface area contributed by atoms with Crippen LogP contribution in [0, 0.1) is 11.3 Å². The first kappa shape index (κ1) is 16.5. The fraction of sp³-hybridized carbons (Fsp3) is 0.467. The molecule has 108 valence electrons. The maximum atomic E-state index is 12.0. The number of nitrogens with zero attached hydrogens (tertiary/aromatic N) is 1. The van der Waals surface area contributed by atoms with Crippen LogP contribution in [0.5, 0.6) is 0 Å². The minimum atomic E-state index is -0.0920. The molecule has 0 heterocycles. The Morgan fingerprint density at radius 3 is 2.65 bits per heavy atom. The van der Waals surface area contributed by atoms with E-state index in [0.717, 1.165) is 11.1 Å². The molecular formula is C15H20N2O2S. The molecule has 20 heavy (non-hydrogen) atoms. The maximum absolute atomic E-state index is 12.0. The first-order valence-corrected chi connectivity index (χ1v) is 7.77. The van der Waals surface area contributed by atoms with Crippen molar-refractivity contribution in [3.63, 3.8) is 0 Å². The molecule has 0 fully saturated rings. The smallest absolute Gasteiger partial charge is 0.224 e. The van der Waals surface area contributed by atoms with Crippen LogP contribution in [0.2, 0.25) is 0 Å². The van der Waals surface area contributed by atoms with E-state index >= 15 is 0 Å². The molecule has 2 N–H and O–H groups in total. The van der Waals surface area contributed by atoms with Gasteiger partial charge >= 0.3 is 0 Å². The van der Waals surface area contributed by atoms with E-state index in [0.29, 0.717) is 6.42 Å². The van der Waals surface area contributed by atoms with E-state index in [1.54, 1.807) is 0 Å². The van der Waals surface area contributed by atoms with Crippen LogP contribution in [0.15, 0.2) is 24.3 Å². The third kappa shape index (κ3) is 4.87. The highest BCUT2D eigenvalue weighted by atomic mass is 32.2. The van der Waals surface area contributed by atoms with E-state index in [4.69, 9.17) is 5.26 Å². The minimum absolute atomic E-state index is 0.00620. The molecule has 4 nitrogen and oxygen atoms in total. The van der Waals surface area contributed by atoms with Gasteiger partial charge < -0.3 is 10.4 Å². The zero-order valence-corrected chi connectivity index (χ0v) is 12.6. The van der Waals surface area contributed by atoms with Crippen molar-refractivity contribution in [2.75, 3.05) is 12.9 Å². The zero-order chi connectivity index (χ0) is 15.0. The number of carbonyl (C=O) groups is 1. The third-order valence-electron chi connectivity index (χ3n) is 3.17. The molecule has 0 saturated heterocycles. The molecule has 0 saturated carbocycles. The number of aliphatic hydroxyl groups is 1. The van der Waals surface area contributed by atoms with Crippen LogP contribution in [0.25, 0.3) is 0 Å². The second kappa shape index (κ2) is 8.62. The van der Waals surface area contributed by atoms with Crippen LogP contribution in [0.3, 0.4) is 0 Å². The predicted octanol–water partition coefficient (Wildman–Crippen LogP) is 1.52. The van der Waals surface area contributed by atoms with Gasteiger partial charge in [0.25, 0.3) is 0 Å². The fourth-order valence-electron chi connectivity index (χ4n) is 2.00. The largest absolute Gasteiger partial charge is 0.395 e. The Morgan fingerprint density at radius 2 is 2.10 bits per heavy atom. The van der Waals surface area contributed by atoms with Gasteiger partial charge in [-0.2, -0.15) is 17.0 Å². The Labute approximate surface area is 124 Å². The number of carbonyl (C=O) groups excluding carboxylic acids is 1. The number of amides is 1. The summed E-state index contributed by atoms with van der Waals surface area (Å²) in [4.78, 5) is 12.0. The number of aliphatic hydroxyl groups excluding tert-OH is 1. The molecule has 0 aliphatic heterocycles. The van der Waals surface area contributed by atoms with Crippen molar-refractivity contribution in [2.45, 2.75) is 31.1 Å². The van der Waals surface area contributed by atoms with Crippen LogP contribution in [0.4, 0.5) is 0 Å². The minimum Gasteiger partial charge on any atom is -0.395 e. The van der Waals surface area contributed by atoms with Crippen molar-refractivity contribution in [3.8, 4) is 6.07 Å². The van der Waals surface area contributed by atoms with E-state index in [9.17, 15) is 9.90 Å². The van der Waals surface area contributed by atoms with Crippen molar-refractivity contribution >= 4 is 17.7 Å². The average Bonchev–Trinajstić information content (AvgIpc) is 2.42. The molecule has 0 spiro atoms. The lowest BCUT2D eigenvalue weighted by Crippen LogP contribution is -2.42. The first-order valence-electron chi connectivity index (χ1n) is 6.49. The molecule has 1 aromatic rings. The van der Waals surface area contributed by atoms with Gasteiger partial charge in [-0.25, -0.2) is 0 Å². The highest BCUT2D eigenvalue weighted by Gasteiger charge is 2.17. The summed E-state index contributed by atoms with van der Waals surface area (Å²) < 4.78 is 0. The molecule has 0 radical (unpaired) electrons. The number of nitriles is 1. The molecular weight excluding hydrogens is 272 g/mol. The normalized spacial score (nSPS) is 13.3. The van der Waals surface area contributed by atoms with E-state index in [1.807, 2.05) is 37.4 Å². The molecule has 1 amide bonds. The van der Waals surface area contributed by atoms with Crippen molar-refractivity contribution in [3.05, 3.63) is 35.4 Å². The second-order valence-corrected chi connectivity index (χ2v) is 5.67. The van der Waals surface area contributed by atoms with Gasteiger partial charge in [0.1, 0.15) is 0 Å². The number of benzene rings is 1. The Balaban J connectivity index is 2.65. The Morgan fingerprint density at radius 1 is 1.45 bits per heavy atom. The standard InChI is InChI=1S/C15H20N2O2S/c1-11(14(10-18)20-2)17-15(19)9-13-6-4-3-5-12(13)7-8-16/h3-6,11,14,18H,7,9-10H2,1-2H3,(H,17,19). The Bertz CT molecular complexity index is 481. The SMILES string of the molecule is CSC(CO)C(C)NC(=O)Cc1ccccc1CC#N. The summed E-state index contributed by atoms with van der Waals surface area (Å²) in [5.74, 6) is -0.0876. The number of hydrogen-bond donors (Lipinski definition) is 2. The zero-order valence-electron chi connectivity index (χ0n) is 11.8. The monoisotopic (exact) mass is 292 g/mol. The molecule has 1 rings (SSSR count). The number of rotatable bonds is 7. The predicted molar refractivity (Wildman–Crippen MR) is 81.5 cm³/mol. The quantitative estimate of drug-likeness (QED) is 0.799. The van der Waals surface area contributed by atoms with Crippen LogP contribution >= 0.6 is 11.8 Å². The number of thioether (sulfide) groups is 1. The van der Waals surface area contributed by atoms with E-state index in [1.165, 1.54) is 11.8 Å².